The van der Waals surface area contributed by atoms with Crippen LogP contribution in [0, 0.1) is 11.8 Å². The van der Waals surface area contributed by atoms with Crippen LogP contribution in [0.3, 0.4) is 0 Å². The summed E-state index contributed by atoms with van der Waals surface area (Å²) in [6, 6.07) is 2.78. The fraction of sp³-hybridized carbons (Fsp3) is 0.450. The minimum Gasteiger partial charge on any atom is -0.491 e. The summed E-state index contributed by atoms with van der Waals surface area (Å²) in [5, 5.41) is 2.36. The van der Waals surface area contributed by atoms with Gasteiger partial charge in [0.1, 0.15) is 12.3 Å². The summed E-state index contributed by atoms with van der Waals surface area (Å²) < 4.78 is 44.5. The number of carbonyl (C=O) groups is 3. The Kier molecular flexibility index (Phi) is 5.95. The van der Waals surface area contributed by atoms with Crippen molar-refractivity contribution >= 4 is 23.4 Å². The number of fused-ring (bicyclic) bond motifs is 1. The summed E-state index contributed by atoms with van der Waals surface area (Å²) in [6.45, 7) is 1.54. The van der Waals surface area contributed by atoms with E-state index < -0.39 is 47.8 Å². The largest absolute Gasteiger partial charge is 0.491 e. The molecule has 2 aliphatic rings. The minimum atomic E-state index is -4.59. The molecule has 9 heteroatoms. The molecule has 1 aliphatic heterocycles. The summed E-state index contributed by atoms with van der Waals surface area (Å²) in [6.07, 6.45) is 0.576. The quantitative estimate of drug-likeness (QED) is 0.576. The number of hydrogen-bond acceptors (Lipinski definition) is 4. The van der Waals surface area contributed by atoms with E-state index in [9.17, 15) is 27.6 Å². The van der Waals surface area contributed by atoms with Gasteiger partial charge in [-0.2, -0.15) is 13.2 Å². The van der Waals surface area contributed by atoms with E-state index in [1.807, 2.05) is 19.1 Å². The smallest absolute Gasteiger partial charge is 0.416 e. The lowest BCUT2D eigenvalue weighted by atomic mass is 9.85. The predicted octanol–water partition coefficient (Wildman–Crippen LogP) is 3.38. The van der Waals surface area contributed by atoms with Gasteiger partial charge in [0.15, 0.2) is 0 Å². The van der Waals surface area contributed by atoms with Gasteiger partial charge in [0.05, 0.1) is 29.7 Å². The summed E-state index contributed by atoms with van der Waals surface area (Å²) >= 11 is 0. The van der Waals surface area contributed by atoms with Crippen LogP contribution < -0.4 is 10.1 Å². The lowest BCUT2D eigenvalue weighted by molar-refractivity contribution is -0.142. The maximum atomic E-state index is 13.0. The molecule has 156 valence electrons. The van der Waals surface area contributed by atoms with E-state index >= 15 is 0 Å². The number of nitrogens with zero attached hydrogens (tertiary/aromatic N) is 1. The second-order valence-electron chi connectivity index (χ2n) is 7.02. The maximum absolute atomic E-state index is 13.0. The zero-order chi connectivity index (χ0) is 21.2. The highest BCUT2D eigenvalue weighted by atomic mass is 19.4. The van der Waals surface area contributed by atoms with Gasteiger partial charge in [-0.1, -0.05) is 19.1 Å². The molecule has 1 aromatic carbocycles. The fourth-order valence-electron chi connectivity index (χ4n) is 3.50. The first-order valence-corrected chi connectivity index (χ1v) is 9.36. The second-order valence-corrected chi connectivity index (χ2v) is 7.02. The molecule has 1 heterocycles. The highest BCUT2D eigenvalue weighted by Crippen LogP contribution is 2.36. The van der Waals surface area contributed by atoms with Crippen molar-refractivity contribution in [3.8, 4) is 5.75 Å². The number of alkyl halides is 3. The van der Waals surface area contributed by atoms with Crippen LogP contribution in [0.5, 0.6) is 5.75 Å². The van der Waals surface area contributed by atoms with Crippen LogP contribution in [-0.4, -0.2) is 35.8 Å². The van der Waals surface area contributed by atoms with Crippen LogP contribution in [-0.2, 0) is 20.6 Å². The van der Waals surface area contributed by atoms with Crippen molar-refractivity contribution in [1.82, 2.24) is 4.90 Å². The van der Waals surface area contributed by atoms with Crippen molar-refractivity contribution in [3.63, 3.8) is 0 Å². The number of amides is 3. The standard InChI is InChI=1S/C20H21F3N2O4/c1-2-9-29-16-8-7-12(20(21,22)23)10-15(16)24-17(26)11-25-18(27)13-5-3-4-6-14(13)19(25)28/h3-4,7-8,10,13-14H,2,5-6,9,11H2,1H3,(H,24,26). The first-order valence-electron chi connectivity index (χ1n) is 9.36. The Bertz CT molecular complexity index is 825. The Morgan fingerprint density at radius 1 is 1.17 bits per heavy atom. The van der Waals surface area contributed by atoms with E-state index in [-0.39, 0.29) is 18.0 Å². The molecule has 0 spiro atoms. The molecule has 0 aromatic heterocycles. The summed E-state index contributed by atoms with van der Waals surface area (Å²) in [5.74, 6) is -2.48. The zero-order valence-corrected chi connectivity index (χ0v) is 15.8. The van der Waals surface area contributed by atoms with Gasteiger partial charge in [-0.05, 0) is 37.5 Å². The first-order chi connectivity index (χ1) is 13.7. The first kappa shape index (κ1) is 20.9. The third kappa shape index (κ3) is 4.44. The van der Waals surface area contributed by atoms with Gasteiger partial charge in [0.2, 0.25) is 17.7 Å². The van der Waals surface area contributed by atoms with E-state index in [1.54, 1.807) is 0 Å². The van der Waals surface area contributed by atoms with Gasteiger partial charge in [0, 0.05) is 0 Å². The van der Waals surface area contributed by atoms with Gasteiger partial charge in [-0.25, -0.2) is 0 Å². The Morgan fingerprint density at radius 3 is 2.34 bits per heavy atom. The lowest BCUT2D eigenvalue weighted by Gasteiger charge is -2.17. The second kappa shape index (κ2) is 8.26. The topological polar surface area (TPSA) is 75.7 Å². The molecule has 0 bridgehead atoms. The molecule has 2 atom stereocenters. The van der Waals surface area contributed by atoms with E-state index in [2.05, 4.69) is 5.32 Å². The van der Waals surface area contributed by atoms with Crippen LogP contribution in [0.2, 0.25) is 0 Å². The Morgan fingerprint density at radius 2 is 1.79 bits per heavy atom. The highest BCUT2D eigenvalue weighted by Gasteiger charge is 2.47. The van der Waals surface area contributed by atoms with E-state index in [1.165, 1.54) is 0 Å². The molecule has 1 saturated heterocycles. The van der Waals surface area contributed by atoms with E-state index in [4.69, 9.17) is 4.74 Å². The van der Waals surface area contributed by atoms with E-state index in [0.29, 0.717) is 19.3 Å². The monoisotopic (exact) mass is 410 g/mol. The van der Waals surface area contributed by atoms with Gasteiger partial charge in [-0.3, -0.25) is 19.3 Å². The lowest BCUT2D eigenvalue weighted by Crippen LogP contribution is -2.38. The number of hydrogen-bond donors (Lipinski definition) is 1. The number of carbonyl (C=O) groups excluding carboxylic acids is 3. The van der Waals surface area contributed by atoms with Crippen molar-refractivity contribution in [3.05, 3.63) is 35.9 Å². The van der Waals surface area contributed by atoms with Gasteiger partial charge >= 0.3 is 6.18 Å². The van der Waals surface area contributed by atoms with E-state index in [0.717, 1.165) is 23.1 Å². The molecule has 1 fully saturated rings. The maximum Gasteiger partial charge on any atom is 0.416 e. The minimum absolute atomic E-state index is 0.0881. The number of allylic oxidation sites excluding steroid dienone is 2. The molecule has 29 heavy (non-hydrogen) atoms. The van der Waals surface area contributed by atoms with Crippen LogP contribution in [0.25, 0.3) is 0 Å². The molecule has 1 aromatic rings. The SMILES string of the molecule is CCCOc1ccc(C(F)(F)F)cc1NC(=O)CN1C(=O)C2CC=CCC2C1=O. The molecule has 0 radical (unpaired) electrons. The molecule has 6 nitrogen and oxygen atoms in total. The fourth-order valence-corrected chi connectivity index (χ4v) is 3.50. The van der Waals surface area contributed by atoms with Crippen molar-refractivity contribution < 1.29 is 32.3 Å². The van der Waals surface area contributed by atoms with Crippen molar-refractivity contribution in [1.29, 1.82) is 0 Å². The molecule has 1 N–H and O–H groups in total. The number of anilines is 1. The molecular formula is C20H21F3N2O4. The third-order valence-corrected chi connectivity index (χ3v) is 4.94. The number of ether oxygens (including phenoxy) is 1. The van der Waals surface area contributed by atoms with Gasteiger partial charge < -0.3 is 10.1 Å². The number of likely N-dealkylation sites (tertiary alicyclic amines) is 1. The van der Waals surface area contributed by atoms with Crippen LogP contribution in [0.1, 0.15) is 31.7 Å². The van der Waals surface area contributed by atoms with Gasteiger partial charge in [-0.15, -0.1) is 0 Å². The average molecular weight is 410 g/mol. The number of benzene rings is 1. The van der Waals surface area contributed by atoms with Crippen LogP contribution in [0.4, 0.5) is 18.9 Å². The van der Waals surface area contributed by atoms with Crippen LogP contribution >= 0.6 is 0 Å². The number of rotatable bonds is 6. The highest BCUT2D eigenvalue weighted by molar-refractivity contribution is 6.09. The number of halogens is 3. The average Bonchev–Trinajstić information content (AvgIpc) is 2.91. The van der Waals surface area contributed by atoms with Crippen molar-refractivity contribution in [2.24, 2.45) is 11.8 Å². The number of imide groups is 1. The predicted molar refractivity (Wildman–Crippen MR) is 97.9 cm³/mol. The van der Waals surface area contributed by atoms with Crippen LogP contribution in [0.15, 0.2) is 30.4 Å². The van der Waals surface area contributed by atoms with Gasteiger partial charge in [0.25, 0.3) is 0 Å². The Balaban J connectivity index is 1.75. The summed E-state index contributed by atoms with van der Waals surface area (Å²) in [7, 11) is 0. The number of nitrogens with one attached hydrogen (secondary N) is 1. The summed E-state index contributed by atoms with van der Waals surface area (Å²) in [4.78, 5) is 38.2. The third-order valence-electron chi connectivity index (χ3n) is 4.94. The zero-order valence-electron chi connectivity index (χ0n) is 15.8. The summed E-state index contributed by atoms with van der Waals surface area (Å²) in [5.41, 5.74) is -1.10. The Hall–Kier alpha value is -2.84. The normalized spacial score (nSPS) is 21.3. The Labute approximate surface area is 165 Å². The molecule has 3 rings (SSSR count). The molecule has 0 saturated carbocycles. The molecular weight excluding hydrogens is 389 g/mol. The van der Waals surface area contributed by atoms with Crippen molar-refractivity contribution in [2.45, 2.75) is 32.4 Å². The molecule has 1 aliphatic carbocycles. The molecule has 3 amide bonds. The molecule has 2 unspecified atom stereocenters. The van der Waals surface area contributed by atoms with Crippen molar-refractivity contribution in [2.75, 3.05) is 18.5 Å².